The van der Waals surface area contributed by atoms with Crippen LogP contribution in [0, 0.1) is 0 Å². The maximum atomic E-state index is 12.3. The number of hydrogen-bond acceptors (Lipinski definition) is 6. The zero-order valence-corrected chi connectivity index (χ0v) is 15.8. The van der Waals surface area contributed by atoms with Crippen LogP contribution in [-0.2, 0) is 9.59 Å². The monoisotopic (exact) mass is 391 g/mol. The molecule has 0 saturated carbocycles. The van der Waals surface area contributed by atoms with Crippen LogP contribution in [0.1, 0.15) is 23.2 Å². The minimum Gasteiger partial charge on any atom is -0.497 e. The first-order valence-corrected chi connectivity index (χ1v) is 9.67. The van der Waals surface area contributed by atoms with Crippen molar-refractivity contribution < 1.29 is 23.9 Å². The molecule has 0 spiro atoms. The smallest absolute Gasteiger partial charge is 0.289 e. The van der Waals surface area contributed by atoms with Crippen molar-refractivity contribution in [3.8, 4) is 5.75 Å². The van der Waals surface area contributed by atoms with Crippen LogP contribution in [0.15, 0.2) is 24.3 Å². The van der Waals surface area contributed by atoms with Gasteiger partial charge < -0.3 is 15.0 Å². The van der Waals surface area contributed by atoms with Gasteiger partial charge in [-0.3, -0.25) is 24.1 Å². The van der Waals surface area contributed by atoms with E-state index >= 15 is 0 Å². The standard InChI is InChI=1S/C18H21N3O5S/c1-26-14-4-2-3-12(9-14)17(24)19-10-15(22)20-7-5-13(6-8-20)21-16(23)11-27-18(21)25/h2-4,9,13H,5-8,10-11H2,1H3,(H,19,24). The Labute approximate surface area is 161 Å². The Hall–Kier alpha value is -2.55. The van der Waals surface area contributed by atoms with Crippen molar-refractivity contribution in [3.63, 3.8) is 0 Å². The largest absolute Gasteiger partial charge is 0.497 e. The summed E-state index contributed by atoms with van der Waals surface area (Å²) in [5.41, 5.74) is 0.421. The van der Waals surface area contributed by atoms with E-state index in [0.29, 0.717) is 37.2 Å². The highest BCUT2D eigenvalue weighted by Crippen LogP contribution is 2.26. The second kappa shape index (κ2) is 8.43. The lowest BCUT2D eigenvalue weighted by molar-refractivity contribution is -0.132. The van der Waals surface area contributed by atoms with E-state index in [4.69, 9.17) is 4.74 Å². The molecule has 4 amide bonds. The van der Waals surface area contributed by atoms with E-state index in [1.165, 1.54) is 12.0 Å². The van der Waals surface area contributed by atoms with Crippen LogP contribution in [0.5, 0.6) is 5.75 Å². The average Bonchev–Trinajstić information content (AvgIpc) is 3.04. The van der Waals surface area contributed by atoms with Crippen LogP contribution in [0.4, 0.5) is 4.79 Å². The Morgan fingerprint density at radius 1 is 1.26 bits per heavy atom. The minimum atomic E-state index is -0.345. The van der Waals surface area contributed by atoms with Crippen LogP contribution in [0.25, 0.3) is 0 Å². The molecule has 2 aliphatic heterocycles. The molecule has 0 bridgehead atoms. The van der Waals surface area contributed by atoms with Gasteiger partial charge in [0.25, 0.3) is 11.1 Å². The lowest BCUT2D eigenvalue weighted by Crippen LogP contribution is -2.50. The van der Waals surface area contributed by atoms with Crippen molar-refractivity contribution in [2.45, 2.75) is 18.9 Å². The summed E-state index contributed by atoms with van der Waals surface area (Å²) in [6, 6.07) is 6.55. The molecule has 2 aliphatic rings. The lowest BCUT2D eigenvalue weighted by atomic mass is 10.0. The normalized spacial score (nSPS) is 18.0. The van der Waals surface area contributed by atoms with Crippen molar-refractivity contribution in [2.24, 2.45) is 0 Å². The van der Waals surface area contributed by atoms with Gasteiger partial charge in [0.1, 0.15) is 5.75 Å². The van der Waals surface area contributed by atoms with Crippen LogP contribution < -0.4 is 10.1 Å². The first kappa shape index (κ1) is 19.2. The van der Waals surface area contributed by atoms with Gasteiger partial charge in [0, 0.05) is 24.7 Å². The molecule has 3 rings (SSSR count). The lowest BCUT2D eigenvalue weighted by Gasteiger charge is -2.35. The SMILES string of the molecule is COc1cccc(C(=O)NCC(=O)N2CCC(N3C(=O)CSC3=O)CC2)c1. The van der Waals surface area contributed by atoms with Crippen LogP contribution in [0.3, 0.4) is 0 Å². The van der Waals surface area contributed by atoms with Crippen molar-refractivity contribution in [2.75, 3.05) is 32.5 Å². The quantitative estimate of drug-likeness (QED) is 0.808. The number of nitrogens with zero attached hydrogens (tertiary/aromatic N) is 2. The highest BCUT2D eigenvalue weighted by Gasteiger charge is 2.37. The first-order chi connectivity index (χ1) is 13.0. The van der Waals surface area contributed by atoms with Gasteiger partial charge in [-0.05, 0) is 31.0 Å². The van der Waals surface area contributed by atoms with E-state index in [-0.39, 0.29) is 41.3 Å². The minimum absolute atomic E-state index is 0.0991. The number of rotatable bonds is 5. The third-order valence-corrected chi connectivity index (χ3v) is 5.53. The molecule has 27 heavy (non-hydrogen) atoms. The first-order valence-electron chi connectivity index (χ1n) is 8.68. The molecule has 8 nitrogen and oxygen atoms in total. The van der Waals surface area contributed by atoms with E-state index in [1.54, 1.807) is 29.2 Å². The summed E-state index contributed by atoms with van der Waals surface area (Å²) in [5.74, 6) is 0.0926. The average molecular weight is 391 g/mol. The van der Waals surface area contributed by atoms with Gasteiger partial charge in [0.2, 0.25) is 11.8 Å². The molecule has 2 heterocycles. The Kier molecular flexibility index (Phi) is 6.00. The number of benzene rings is 1. The predicted octanol–water partition coefficient (Wildman–Crippen LogP) is 1.11. The molecule has 0 atom stereocenters. The van der Waals surface area contributed by atoms with Gasteiger partial charge in [0.05, 0.1) is 19.4 Å². The zero-order valence-electron chi connectivity index (χ0n) is 15.0. The summed E-state index contributed by atoms with van der Waals surface area (Å²) in [4.78, 5) is 51.1. The summed E-state index contributed by atoms with van der Waals surface area (Å²) < 4.78 is 5.08. The molecular formula is C18H21N3O5S. The van der Waals surface area contributed by atoms with Gasteiger partial charge in [-0.25, -0.2) is 0 Å². The Bertz CT molecular complexity index is 745. The third-order valence-electron chi connectivity index (χ3n) is 4.70. The van der Waals surface area contributed by atoms with Crippen molar-refractivity contribution >= 4 is 34.7 Å². The summed E-state index contributed by atoms with van der Waals surface area (Å²) in [7, 11) is 1.52. The van der Waals surface area contributed by atoms with E-state index < -0.39 is 0 Å². The molecular weight excluding hydrogens is 370 g/mol. The molecule has 2 fully saturated rings. The van der Waals surface area contributed by atoms with Crippen molar-refractivity contribution in [1.29, 1.82) is 0 Å². The fourth-order valence-corrected chi connectivity index (χ4v) is 4.00. The number of likely N-dealkylation sites (tertiary alicyclic amines) is 1. The molecule has 0 aliphatic carbocycles. The number of carbonyl (C=O) groups excluding carboxylic acids is 4. The topological polar surface area (TPSA) is 96.0 Å². The Morgan fingerprint density at radius 3 is 2.63 bits per heavy atom. The van der Waals surface area contributed by atoms with Gasteiger partial charge in [-0.2, -0.15) is 0 Å². The molecule has 0 aromatic heterocycles. The number of carbonyl (C=O) groups is 4. The molecule has 2 saturated heterocycles. The van der Waals surface area contributed by atoms with Gasteiger partial charge in [-0.15, -0.1) is 0 Å². The number of ether oxygens (including phenoxy) is 1. The molecule has 144 valence electrons. The van der Waals surface area contributed by atoms with E-state index in [1.807, 2.05) is 0 Å². The van der Waals surface area contributed by atoms with Gasteiger partial charge >= 0.3 is 0 Å². The molecule has 0 unspecified atom stereocenters. The van der Waals surface area contributed by atoms with Crippen molar-refractivity contribution in [1.82, 2.24) is 15.1 Å². The maximum Gasteiger partial charge on any atom is 0.289 e. The fourth-order valence-electron chi connectivity index (χ4n) is 3.22. The summed E-state index contributed by atoms with van der Waals surface area (Å²) in [6.07, 6.45) is 1.13. The zero-order chi connectivity index (χ0) is 19.4. The second-order valence-electron chi connectivity index (χ2n) is 6.34. The van der Waals surface area contributed by atoms with Gasteiger partial charge in [0.15, 0.2) is 0 Å². The highest BCUT2D eigenvalue weighted by molar-refractivity contribution is 8.14. The number of thioether (sulfide) groups is 1. The highest BCUT2D eigenvalue weighted by atomic mass is 32.2. The molecule has 1 aromatic rings. The molecule has 1 N–H and O–H groups in total. The predicted molar refractivity (Wildman–Crippen MR) is 99.6 cm³/mol. The Balaban J connectivity index is 1.47. The number of imide groups is 1. The van der Waals surface area contributed by atoms with E-state index in [0.717, 1.165) is 11.8 Å². The van der Waals surface area contributed by atoms with Gasteiger partial charge in [-0.1, -0.05) is 17.8 Å². The maximum absolute atomic E-state index is 12.3. The van der Waals surface area contributed by atoms with E-state index in [9.17, 15) is 19.2 Å². The summed E-state index contributed by atoms with van der Waals surface area (Å²) in [6.45, 7) is 0.818. The number of piperidine rings is 1. The Morgan fingerprint density at radius 2 is 2.00 bits per heavy atom. The van der Waals surface area contributed by atoms with E-state index in [2.05, 4.69) is 5.32 Å². The van der Waals surface area contributed by atoms with Crippen LogP contribution >= 0.6 is 11.8 Å². The molecule has 9 heteroatoms. The third kappa shape index (κ3) is 4.41. The van der Waals surface area contributed by atoms with Crippen molar-refractivity contribution in [3.05, 3.63) is 29.8 Å². The summed E-state index contributed by atoms with van der Waals surface area (Å²) in [5, 5.41) is 2.42. The van der Waals surface area contributed by atoms with Crippen LogP contribution in [-0.4, -0.2) is 71.3 Å². The number of nitrogens with one attached hydrogen (secondary N) is 1. The molecule has 1 aromatic carbocycles. The second-order valence-corrected chi connectivity index (χ2v) is 7.27. The number of methoxy groups -OCH3 is 1. The molecule has 0 radical (unpaired) electrons. The summed E-state index contributed by atoms with van der Waals surface area (Å²) >= 11 is 1.03. The van der Waals surface area contributed by atoms with Crippen LogP contribution in [0.2, 0.25) is 0 Å². The number of amides is 4. The fraction of sp³-hybridized carbons (Fsp3) is 0.444. The number of hydrogen-bond donors (Lipinski definition) is 1.